The van der Waals surface area contributed by atoms with E-state index in [-0.39, 0.29) is 24.4 Å². The predicted molar refractivity (Wildman–Crippen MR) is 82.8 cm³/mol. The minimum absolute atomic E-state index is 0.0290. The van der Waals surface area contributed by atoms with Gasteiger partial charge in [-0.25, -0.2) is 0 Å². The van der Waals surface area contributed by atoms with Crippen LogP contribution in [0.5, 0.6) is 0 Å². The second-order valence-electron chi connectivity index (χ2n) is 5.76. The maximum Gasteiger partial charge on any atom is 0.235 e. The summed E-state index contributed by atoms with van der Waals surface area (Å²) in [5, 5.41) is 15.9. The Balaban J connectivity index is 1.87. The van der Waals surface area contributed by atoms with Crippen molar-refractivity contribution < 1.29 is 4.79 Å². The van der Waals surface area contributed by atoms with Gasteiger partial charge in [0.25, 0.3) is 0 Å². The number of carbonyl (C=O) groups is 1. The maximum atomic E-state index is 12.0. The van der Waals surface area contributed by atoms with E-state index in [0.717, 1.165) is 18.4 Å². The maximum absolute atomic E-state index is 12.0. The molecule has 1 aliphatic rings. The van der Waals surface area contributed by atoms with Crippen molar-refractivity contribution in [2.75, 3.05) is 6.54 Å². The van der Waals surface area contributed by atoms with Gasteiger partial charge in [-0.3, -0.25) is 4.79 Å². The fourth-order valence-electron chi connectivity index (χ4n) is 2.40. The molecule has 0 bridgehead atoms. The van der Waals surface area contributed by atoms with E-state index >= 15 is 0 Å². The Morgan fingerprint density at radius 1 is 1.52 bits per heavy atom. The van der Waals surface area contributed by atoms with E-state index in [9.17, 15) is 10.1 Å². The van der Waals surface area contributed by atoms with Crippen LogP contribution < -0.4 is 10.6 Å². The van der Waals surface area contributed by atoms with Crippen LogP contribution in [0.4, 0.5) is 0 Å². The molecule has 1 fully saturated rings. The van der Waals surface area contributed by atoms with Crippen LogP contribution >= 0.6 is 11.6 Å². The van der Waals surface area contributed by atoms with Crippen molar-refractivity contribution in [3.8, 4) is 6.07 Å². The van der Waals surface area contributed by atoms with E-state index in [4.69, 9.17) is 11.6 Å². The lowest BCUT2D eigenvalue weighted by Crippen LogP contribution is -2.49. The molecular weight excluding hydrogens is 286 g/mol. The number of hydrogen-bond acceptors (Lipinski definition) is 3. The molecule has 1 aromatic carbocycles. The first-order chi connectivity index (χ1) is 9.96. The van der Waals surface area contributed by atoms with Crippen LogP contribution in [0, 0.1) is 17.2 Å². The first kappa shape index (κ1) is 15.8. The molecule has 0 aromatic heterocycles. The topological polar surface area (TPSA) is 64.9 Å². The van der Waals surface area contributed by atoms with Gasteiger partial charge in [-0.15, -0.1) is 0 Å². The lowest BCUT2D eigenvalue weighted by Gasteiger charge is -2.23. The summed E-state index contributed by atoms with van der Waals surface area (Å²) in [6, 6.07) is 9.74. The lowest BCUT2D eigenvalue weighted by atomic mass is 9.98. The molecule has 1 saturated carbocycles. The lowest BCUT2D eigenvalue weighted by molar-refractivity contribution is -0.121. The van der Waals surface area contributed by atoms with Crippen LogP contribution in [0.3, 0.4) is 0 Å². The highest BCUT2D eigenvalue weighted by atomic mass is 35.5. The van der Waals surface area contributed by atoms with E-state index in [2.05, 4.69) is 16.7 Å². The molecule has 0 aliphatic heterocycles. The van der Waals surface area contributed by atoms with Gasteiger partial charge in [-0.2, -0.15) is 5.26 Å². The fraction of sp³-hybridized carbons (Fsp3) is 0.500. The molecule has 2 rings (SSSR count). The van der Waals surface area contributed by atoms with Gasteiger partial charge in [0.05, 0.1) is 12.6 Å². The summed E-state index contributed by atoms with van der Waals surface area (Å²) in [4.78, 5) is 12.0. The molecule has 21 heavy (non-hydrogen) atoms. The van der Waals surface area contributed by atoms with Crippen LogP contribution in [0.1, 0.15) is 38.3 Å². The summed E-state index contributed by atoms with van der Waals surface area (Å²) >= 11 is 6.13. The van der Waals surface area contributed by atoms with Gasteiger partial charge in [0, 0.05) is 11.1 Å². The Labute approximate surface area is 130 Å². The summed E-state index contributed by atoms with van der Waals surface area (Å²) in [5.41, 5.74) is 0.212. The van der Waals surface area contributed by atoms with Crippen molar-refractivity contribution in [2.24, 2.45) is 5.92 Å². The summed E-state index contributed by atoms with van der Waals surface area (Å²) in [6.45, 7) is 3.91. The molecule has 5 heteroatoms. The van der Waals surface area contributed by atoms with E-state index in [0.29, 0.717) is 5.02 Å². The summed E-state index contributed by atoms with van der Waals surface area (Å²) < 4.78 is 0. The third kappa shape index (κ3) is 3.96. The smallest absolute Gasteiger partial charge is 0.235 e. The number of carbonyl (C=O) groups excluding carboxylic acids is 1. The van der Waals surface area contributed by atoms with Gasteiger partial charge in [0.2, 0.25) is 5.91 Å². The highest BCUT2D eigenvalue weighted by Gasteiger charge is 2.42. The third-order valence-corrected chi connectivity index (χ3v) is 4.31. The number of nitrogens with one attached hydrogen (secondary N) is 2. The third-order valence-electron chi connectivity index (χ3n) is 3.97. The van der Waals surface area contributed by atoms with Crippen molar-refractivity contribution in [3.05, 3.63) is 34.9 Å². The zero-order valence-electron chi connectivity index (χ0n) is 12.3. The molecule has 2 N–H and O–H groups in total. The van der Waals surface area contributed by atoms with Gasteiger partial charge in [0.1, 0.15) is 5.54 Å². The first-order valence-corrected chi connectivity index (χ1v) is 7.54. The van der Waals surface area contributed by atoms with E-state index in [1.54, 1.807) is 6.92 Å². The molecule has 4 nitrogen and oxygen atoms in total. The molecule has 0 unspecified atom stereocenters. The highest BCUT2D eigenvalue weighted by Crippen LogP contribution is 2.39. The standard InChI is InChI=1S/C16H20ClN3O/c1-11(13-5-3-4-6-14(13)17)19-9-15(21)20-16(2,10-18)12-7-8-12/h3-6,11-12,19H,7-9H2,1-2H3,(H,20,21)/t11-,16+/m1/s1. The van der Waals surface area contributed by atoms with Crippen molar-refractivity contribution in [2.45, 2.75) is 38.3 Å². The number of nitriles is 1. The molecule has 1 amide bonds. The minimum atomic E-state index is -0.744. The van der Waals surface area contributed by atoms with Gasteiger partial charge in [-0.1, -0.05) is 29.8 Å². The molecule has 1 aromatic rings. The van der Waals surface area contributed by atoms with Gasteiger partial charge in [-0.05, 0) is 44.2 Å². The molecule has 0 radical (unpaired) electrons. The van der Waals surface area contributed by atoms with E-state index < -0.39 is 5.54 Å². The fourth-order valence-corrected chi connectivity index (χ4v) is 2.70. The number of nitrogens with zero attached hydrogens (tertiary/aromatic N) is 1. The van der Waals surface area contributed by atoms with E-state index in [1.165, 1.54) is 0 Å². The van der Waals surface area contributed by atoms with Crippen LogP contribution in [-0.4, -0.2) is 18.0 Å². The number of benzene rings is 1. The van der Waals surface area contributed by atoms with Gasteiger partial charge < -0.3 is 10.6 Å². The quantitative estimate of drug-likeness (QED) is 0.849. The summed E-state index contributed by atoms with van der Waals surface area (Å²) in [7, 11) is 0. The SMILES string of the molecule is C[C@@H](NCC(=O)N[C@@](C)(C#N)C1CC1)c1ccccc1Cl. The molecule has 0 saturated heterocycles. The number of halogens is 1. The van der Waals surface area contributed by atoms with Gasteiger partial charge in [0.15, 0.2) is 0 Å². The Hall–Kier alpha value is -1.57. The largest absolute Gasteiger partial charge is 0.337 e. The van der Waals surface area contributed by atoms with Crippen LogP contribution in [-0.2, 0) is 4.79 Å². The van der Waals surface area contributed by atoms with Crippen molar-refractivity contribution in [1.29, 1.82) is 5.26 Å². The second-order valence-corrected chi connectivity index (χ2v) is 6.17. The average molecular weight is 306 g/mol. The van der Waals surface area contributed by atoms with Crippen molar-refractivity contribution in [1.82, 2.24) is 10.6 Å². The van der Waals surface area contributed by atoms with Crippen molar-refractivity contribution in [3.63, 3.8) is 0 Å². The molecule has 0 heterocycles. The molecule has 2 atom stereocenters. The first-order valence-electron chi connectivity index (χ1n) is 7.16. The number of hydrogen-bond donors (Lipinski definition) is 2. The average Bonchev–Trinajstić information content (AvgIpc) is 3.30. The number of rotatable bonds is 6. The summed E-state index contributed by atoms with van der Waals surface area (Å²) in [6.07, 6.45) is 2.02. The number of amides is 1. The zero-order valence-corrected chi connectivity index (χ0v) is 13.1. The van der Waals surface area contributed by atoms with Crippen molar-refractivity contribution >= 4 is 17.5 Å². The second kappa shape index (κ2) is 6.46. The van der Waals surface area contributed by atoms with Crippen LogP contribution in [0.2, 0.25) is 5.02 Å². The van der Waals surface area contributed by atoms with E-state index in [1.807, 2.05) is 31.2 Å². The Kier molecular flexibility index (Phi) is 4.87. The predicted octanol–water partition coefficient (Wildman–Crippen LogP) is 2.80. The Morgan fingerprint density at radius 2 is 2.19 bits per heavy atom. The van der Waals surface area contributed by atoms with Gasteiger partial charge >= 0.3 is 0 Å². The highest BCUT2D eigenvalue weighted by molar-refractivity contribution is 6.31. The molecular formula is C16H20ClN3O. The minimum Gasteiger partial charge on any atom is -0.337 e. The Bertz CT molecular complexity index is 565. The summed E-state index contributed by atoms with van der Waals surface area (Å²) in [5.74, 6) is 0.122. The molecule has 1 aliphatic carbocycles. The normalized spacial score (nSPS) is 18.4. The zero-order chi connectivity index (χ0) is 15.5. The van der Waals surface area contributed by atoms with Crippen LogP contribution in [0.15, 0.2) is 24.3 Å². The Morgan fingerprint density at radius 3 is 2.76 bits per heavy atom. The molecule has 0 spiro atoms. The monoisotopic (exact) mass is 305 g/mol. The van der Waals surface area contributed by atoms with Crippen LogP contribution in [0.25, 0.3) is 0 Å². The molecule has 112 valence electrons.